The maximum Gasteiger partial charge on any atom is 0.143 e. The summed E-state index contributed by atoms with van der Waals surface area (Å²) in [5.41, 5.74) is 8.94. The zero-order valence-electron chi connectivity index (χ0n) is 11.1. The number of anilines is 1. The number of rotatable bonds is 3. The van der Waals surface area contributed by atoms with Crippen LogP contribution < -0.4 is 5.73 Å². The molecule has 0 amide bonds. The molecular formula is C15H13Br4NO. The molecule has 0 saturated heterocycles. The summed E-state index contributed by atoms with van der Waals surface area (Å²) in [6.45, 7) is 2.14. The second-order valence-electron chi connectivity index (χ2n) is 4.69. The smallest absolute Gasteiger partial charge is 0.143 e. The fourth-order valence-corrected chi connectivity index (χ4v) is 4.70. The van der Waals surface area contributed by atoms with E-state index in [1.807, 2.05) is 24.3 Å². The van der Waals surface area contributed by atoms with Gasteiger partial charge in [0, 0.05) is 14.9 Å². The highest BCUT2D eigenvalue weighted by Crippen LogP contribution is 2.40. The third-order valence-electron chi connectivity index (χ3n) is 3.35. The number of nitrogen functional groups attached to an aromatic ring is 1. The van der Waals surface area contributed by atoms with Gasteiger partial charge in [0.05, 0.1) is 14.6 Å². The Morgan fingerprint density at radius 1 is 0.905 bits per heavy atom. The summed E-state index contributed by atoms with van der Waals surface area (Å²) in [6.07, 6.45) is 0.937. The molecule has 2 aromatic rings. The lowest BCUT2D eigenvalue weighted by Gasteiger charge is -2.19. The second kappa shape index (κ2) is 7.02. The van der Waals surface area contributed by atoms with Crippen LogP contribution in [0, 0.1) is 0 Å². The van der Waals surface area contributed by atoms with E-state index in [9.17, 15) is 5.11 Å². The van der Waals surface area contributed by atoms with E-state index in [4.69, 9.17) is 5.73 Å². The van der Waals surface area contributed by atoms with Crippen molar-refractivity contribution in [1.82, 2.24) is 0 Å². The average molecular weight is 543 g/mol. The monoisotopic (exact) mass is 539 g/mol. The lowest BCUT2D eigenvalue weighted by atomic mass is 9.89. The summed E-state index contributed by atoms with van der Waals surface area (Å²) >= 11 is 13.8. The quantitative estimate of drug-likeness (QED) is 0.431. The molecule has 1 atom stereocenters. The van der Waals surface area contributed by atoms with Crippen molar-refractivity contribution in [2.75, 3.05) is 5.73 Å². The average Bonchev–Trinajstić information content (AvgIpc) is 2.42. The van der Waals surface area contributed by atoms with E-state index < -0.39 is 0 Å². The molecule has 0 bridgehead atoms. The zero-order chi connectivity index (χ0) is 15.7. The Morgan fingerprint density at radius 3 is 1.67 bits per heavy atom. The van der Waals surface area contributed by atoms with E-state index in [-0.39, 0.29) is 11.7 Å². The maximum absolute atomic E-state index is 9.86. The molecule has 0 aliphatic heterocycles. The molecule has 112 valence electrons. The van der Waals surface area contributed by atoms with Gasteiger partial charge in [0.1, 0.15) is 5.75 Å². The lowest BCUT2D eigenvalue weighted by Crippen LogP contribution is -2.02. The molecule has 0 radical (unpaired) electrons. The Hall–Kier alpha value is -0.0400. The van der Waals surface area contributed by atoms with Gasteiger partial charge in [0.2, 0.25) is 0 Å². The second-order valence-corrected chi connectivity index (χ2v) is 8.11. The first kappa shape index (κ1) is 17.3. The molecule has 0 spiro atoms. The highest BCUT2D eigenvalue weighted by Gasteiger charge is 2.17. The van der Waals surface area contributed by atoms with Gasteiger partial charge >= 0.3 is 0 Å². The van der Waals surface area contributed by atoms with Crippen molar-refractivity contribution < 1.29 is 5.11 Å². The largest absolute Gasteiger partial charge is 0.506 e. The van der Waals surface area contributed by atoms with Gasteiger partial charge in [-0.3, -0.25) is 0 Å². The predicted molar refractivity (Wildman–Crippen MR) is 102 cm³/mol. The molecule has 3 N–H and O–H groups in total. The first-order chi connectivity index (χ1) is 9.85. The SMILES string of the molecule is CCC(c1cc(Br)c(N)c(Br)c1)c1cc(Br)c(O)c(Br)c1. The Morgan fingerprint density at radius 2 is 1.29 bits per heavy atom. The third kappa shape index (κ3) is 3.66. The normalized spacial score (nSPS) is 12.4. The van der Waals surface area contributed by atoms with Gasteiger partial charge in [-0.2, -0.15) is 0 Å². The first-order valence-electron chi connectivity index (χ1n) is 6.27. The van der Waals surface area contributed by atoms with Gasteiger partial charge in [-0.1, -0.05) is 6.92 Å². The van der Waals surface area contributed by atoms with Crippen molar-refractivity contribution in [1.29, 1.82) is 0 Å². The lowest BCUT2D eigenvalue weighted by molar-refractivity contribution is 0.468. The van der Waals surface area contributed by atoms with Crippen LogP contribution in [0.4, 0.5) is 5.69 Å². The van der Waals surface area contributed by atoms with Gasteiger partial charge in [0.15, 0.2) is 0 Å². The zero-order valence-corrected chi connectivity index (χ0v) is 17.5. The number of hydrogen-bond donors (Lipinski definition) is 2. The predicted octanol–water partition coefficient (Wildman–Crippen LogP) is 6.57. The highest BCUT2D eigenvalue weighted by atomic mass is 79.9. The molecule has 0 aliphatic carbocycles. The van der Waals surface area contributed by atoms with Crippen LogP contribution in [-0.4, -0.2) is 5.11 Å². The van der Waals surface area contributed by atoms with Gasteiger partial charge in [-0.25, -0.2) is 0 Å². The molecule has 21 heavy (non-hydrogen) atoms. The molecule has 2 rings (SSSR count). The molecule has 0 aliphatic rings. The fraction of sp³-hybridized carbons (Fsp3) is 0.200. The van der Waals surface area contributed by atoms with E-state index in [1.54, 1.807) is 0 Å². The Labute approximate surface area is 157 Å². The van der Waals surface area contributed by atoms with Crippen LogP contribution in [0.5, 0.6) is 5.75 Å². The topological polar surface area (TPSA) is 46.2 Å². The fourth-order valence-electron chi connectivity index (χ4n) is 2.26. The minimum atomic E-state index is 0.214. The first-order valence-corrected chi connectivity index (χ1v) is 9.44. The van der Waals surface area contributed by atoms with Gasteiger partial charge in [0.25, 0.3) is 0 Å². The highest BCUT2D eigenvalue weighted by molar-refractivity contribution is 9.11. The molecule has 0 aromatic heterocycles. The number of nitrogens with two attached hydrogens (primary N) is 1. The number of benzene rings is 2. The summed E-state index contributed by atoms with van der Waals surface area (Å²) in [5, 5.41) is 9.86. The van der Waals surface area contributed by atoms with E-state index in [0.29, 0.717) is 14.6 Å². The van der Waals surface area contributed by atoms with E-state index >= 15 is 0 Å². The van der Waals surface area contributed by atoms with Crippen LogP contribution in [0.2, 0.25) is 0 Å². The van der Waals surface area contributed by atoms with Crippen molar-refractivity contribution >= 4 is 69.4 Å². The van der Waals surface area contributed by atoms with Crippen LogP contribution in [-0.2, 0) is 0 Å². The summed E-state index contributed by atoms with van der Waals surface area (Å²) in [5.74, 6) is 0.430. The van der Waals surface area contributed by atoms with Crippen molar-refractivity contribution in [2.45, 2.75) is 19.3 Å². The number of hydrogen-bond acceptors (Lipinski definition) is 2. The van der Waals surface area contributed by atoms with Crippen LogP contribution in [0.1, 0.15) is 30.4 Å². The van der Waals surface area contributed by atoms with Gasteiger partial charge in [-0.15, -0.1) is 0 Å². The van der Waals surface area contributed by atoms with Crippen LogP contribution in [0.15, 0.2) is 42.2 Å². The summed E-state index contributed by atoms with van der Waals surface area (Å²) in [6, 6.07) is 7.99. The summed E-state index contributed by atoms with van der Waals surface area (Å²) < 4.78 is 3.11. The van der Waals surface area contributed by atoms with Crippen molar-refractivity contribution in [3.05, 3.63) is 53.3 Å². The molecule has 6 heteroatoms. The van der Waals surface area contributed by atoms with Crippen LogP contribution >= 0.6 is 63.7 Å². The van der Waals surface area contributed by atoms with Crippen LogP contribution in [0.25, 0.3) is 0 Å². The van der Waals surface area contributed by atoms with E-state index in [1.165, 1.54) is 0 Å². The van der Waals surface area contributed by atoms with Gasteiger partial charge < -0.3 is 10.8 Å². The molecule has 0 fully saturated rings. The van der Waals surface area contributed by atoms with Crippen molar-refractivity contribution in [2.24, 2.45) is 0 Å². The Bertz CT molecular complexity index is 584. The molecular weight excluding hydrogens is 530 g/mol. The maximum atomic E-state index is 9.86. The molecule has 2 nitrogen and oxygen atoms in total. The molecule has 2 aromatic carbocycles. The minimum Gasteiger partial charge on any atom is -0.506 e. The van der Waals surface area contributed by atoms with Gasteiger partial charge in [-0.05, 0) is 106 Å². The number of phenols is 1. The molecule has 1 unspecified atom stereocenters. The van der Waals surface area contributed by atoms with E-state index in [0.717, 1.165) is 26.5 Å². The molecule has 0 heterocycles. The standard InChI is InChI=1S/C15H13Br4NO/c1-2-9(7-3-10(16)14(20)11(17)4-7)8-5-12(18)15(21)13(19)6-8/h3-6,9,21H,2,20H2,1H3. The third-order valence-corrected chi connectivity index (χ3v) is 5.87. The number of phenolic OH excluding ortho intramolecular Hbond substituents is 1. The Balaban J connectivity index is 2.54. The summed E-state index contributed by atoms with van der Waals surface area (Å²) in [4.78, 5) is 0. The van der Waals surface area contributed by atoms with Crippen molar-refractivity contribution in [3.8, 4) is 5.75 Å². The summed E-state index contributed by atoms with van der Waals surface area (Å²) in [7, 11) is 0. The molecule has 0 saturated carbocycles. The number of aromatic hydroxyl groups is 1. The number of halogens is 4. The minimum absolute atomic E-state index is 0.214. The van der Waals surface area contributed by atoms with E-state index in [2.05, 4.69) is 70.6 Å². The van der Waals surface area contributed by atoms with Crippen LogP contribution in [0.3, 0.4) is 0 Å². The Kier molecular flexibility index (Phi) is 5.79. The van der Waals surface area contributed by atoms with Crippen molar-refractivity contribution in [3.63, 3.8) is 0 Å².